The summed E-state index contributed by atoms with van der Waals surface area (Å²) in [7, 11) is 0. The standard InChI is InChI=1S/C3H3N3O/c7-3-1-2-4-6-5-3/h1-2H,(H,4,5,7)/p-1. The van der Waals surface area contributed by atoms with Gasteiger partial charge < -0.3 is 5.11 Å². The zero-order chi connectivity index (χ0) is 5.11. The Hall–Kier alpha value is -1.19. The van der Waals surface area contributed by atoms with Crippen LogP contribution in [0.4, 0.5) is 0 Å². The van der Waals surface area contributed by atoms with E-state index in [2.05, 4.69) is 15.4 Å². The largest absolute Gasteiger partial charge is 0.857 e. The van der Waals surface area contributed by atoms with Gasteiger partial charge in [-0.2, -0.15) is 0 Å². The van der Waals surface area contributed by atoms with Gasteiger partial charge in [0.1, 0.15) is 0 Å². The fraction of sp³-hybridized carbons (Fsp3) is 0. The zero-order valence-electron chi connectivity index (χ0n) is 3.40. The summed E-state index contributed by atoms with van der Waals surface area (Å²) in [6.45, 7) is 0. The molecule has 36 valence electrons. The monoisotopic (exact) mass is 96.0 g/mol. The van der Waals surface area contributed by atoms with Crippen molar-refractivity contribution in [3.63, 3.8) is 0 Å². The summed E-state index contributed by atoms with van der Waals surface area (Å²) in [6, 6.07) is 1.24. The van der Waals surface area contributed by atoms with Crippen LogP contribution < -0.4 is 5.11 Å². The molecule has 4 heteroatoms. The Balaban J connectivity index is 3.02. The van der Waals surface area contributed by atoms with Gasteiger partial charge in [-0.3, -0.25) is 0 Å². The lowest BCUT2D eigenvalue weighted by Crippen LogP contribution is -1.95. The summed E-state index contributed by atoms with van der Waals surface area (Å²) < 4.78 is 0. The fourth-order valence-electron chi connectivity index (χ4n) is 0.230. The topological polar surface area (TPSA) is 61.7 Å². The van der Waals surface area contributed by atoms with Crippen molar-refractivity contribution >= 4 is 0 Å². The molecule has 1 heterocycles. The fourth-order valence-corrected chi connectivity index (χ4v) is 0.230. The molecular weight excluding hydrogens is 94.1 g/mol. The van der Waals surface area contributed by atoms with Crippen molar-refractivity contribution in [3.05, 3.63) is 12.3 Å². The maximum absolute atomic E-state index is 10.1. The molecule has 0 aliphatic carbocycles. The minimum absolute atomic E-state index is 0.352. The second-order valence-corrected chi connectivity index (χ2v) is 0.959. The second-order valence-electron chi connectivity index (χ2n) is 0.959. The first-order chi connectivity index (χ1) is 3.39. The Bertz CT molecular complexity index is 140. The molecule has 0 saturated heterocycles. The number of rotatable bonds is 0. The minimum Gasteiger partial charge on any atom is -0.857 e. The minimum atomic E-state index is -0.352. The van der Waals surface area contributed by atoms with Gasteiger partial charge in [0.25, 0.3) is 0 Å². The van der Waals surface area contributed by atoms with E-state index in [0.717, 1.165) is 0 Å². The molecule has 1 aromatic rings. The lowest BCUT2D eigenvalue weighted by Gasteiger charge is -1.94. The van der Waals surface area contributed by atoms with Crippen molar-refractivity contribution in [3.8, 4) is 5.88 Å². The third kappa shape index (κ3) is 0.819. The highest BCUT2D eigenvalue weighted by atomic mass is 16.3. The number of nitrogens with zero attached hydrogens (tertiary/aromatic N) is 3. The van der Waals surface area contributed by atoms with Crippen LogP contribution in [-0.2, 0) is 0 Å². The number of hydrogen-bond acceptors (Lipinski definition) is 4. The van der Waals surface area contributed by atoms with Gasteiger partial charge >= 0.3 is 0 Å². The maximum Gasteiger partial charge on any atom is 0.0523 e. The van der Waals surface area contributed by atoms with Gasteiger partial charge in [0.2, 0.25) is 0 Å². The van der Waals surface area contributed by atoms with Crippen LogP contribution in [0.25, 0.3) is 0 Å². The molecular formula is C3H2N3O-. The third-order valence-corrected chi connectivity index (χ3v) is 0.479. The van der Waals surface area contributed by atoms with E-state index in [1.165, 1.54) is 12.3 Å². The molecule has 7 heavy (non-hydrogen) atoms. The number of hydrogen-bond donors (Lipinski definition) is 0. The quantitative estimate of drug-likeness (QED) is 0.413. The highest BCUT2D eigenvalue weighted by Crippen LogP contribution is 1.86. The first kappa shape index (κ1) is 3.98. The first-order valence-corrected chi connectivity index (χ1v) is 1.71. The van der Waals surface area contributed by atoms with Crippen LogP contribution in [0.1, 0.15) is 0 Å². The van der Waals surface area contributed by atoms with E-state index in [0.29, 0.717) is 0 Å². The smallest absolute Gasteiger partial charge is 0.0523 e. The average Bonchev–Trinajstić information content (AvgIpc) is 1.69. The summed E-state index contributed by atoms with van der Waals surface area (Å²) >= 11 is 0. The van der Waals surface area contributed by atoms with Gasteiger partial charge in [0.15, 0.2) is 0 Å². The van der Waals surface area contributed by atoms with E-state index in [-0.39, 0.29) is 5.88 Å². The maximum atomic E-state index is 10.1. The van der Waals surface area contributed by atoms with Crippen LogP contribution >= 0.6 is 0 Å². The number of aromatic nitrogens is 3. The Morgan fingerprint density at radius 2 is 2.43 bits per heavy atom. The van der Waals surface area contributed by atoms with Crippen molar-refractivity contribution in [1.82, 2.24) is 15.4 Å². The third-order valence-electron chi connectivity index (χ3n) is 0.479. The molecule has 0 unspecified atom stereocenters. The van der Waals surface area contributed by atoms with Crippen molar-refractivity contribution in [1.29, 1.82) is 0 Å². The first-order valence-electron chi connectivity index (χ1n) is 1.71. The van der Waals surface area contributed by atoms with Crippen molar-refractivity contribution in [2.24, 2.45) is 0 Å². The molecule has 0 aliphatic heterocycles. The van der Waals surface area contributed by atoms with Crippen molar-refractivity contribution in [2.75, 3.05) is 0 Å². The molecule has 0 aromatic carbocycles. The van der Waals surface area contributed by atoms with E-state index in [1.807, 2.05) is 0 Å². The van der Waals surface area contributed by atoms with Gasteiger partial charge in [-0.1, -0.05) is 0 Å². The molecule has 1 rings (SSSR count). The Morgan fingerprint density at radius 1 is 1.57 bits per heavy atom. The normalized spacial score (nSPS) is 8.57. The summed E-state index contributed by atoms with van der Waals surface area (Å²) in [5.74, 6) is -0.352. The van der Waals surface area contributed by atoms with Gasteiger partial charge in [0.05, 0.1) is 6.20 Å². The summed E-state index contributed by atoms with van der Waals surface area (Å²) in [5.41, 5.74) is 0. The summed E-state index contributed by atoms with van der Waals surface area (Å²) in [4.78, 5) is 0. The Labute approximate surface area is 39.8 Å². The van der Waals surface area contributed by atoms with E-state index >= 15 is 0 Å². The molecule has 0 bridgehead atoms. The van der Waals surface area contributed by atoms with Crippen LogP contribution in [0, 0.1) is 0 Å². The van der Waals surface area contributed by atoms with Crippen LogP contribution in [0.2, 0.25) is 0 Å². The molecule has 0 spiro atoms. The van der Waals surface area contributed by atoms with Crippen LogP contribution in [0.3, 0.4) is 0 Å². The average molecular weight is 96.1 g/mol. The summed E-state index contributed by atoms with van der Waals surface area (Å²) in [6.07, 6.45) is 1.30. The molecule has 1 aromatic heterocycles. The van der Waals surface area contributed by atoms with E-state index in [4.69, 9.17) is 0 Å². The van der Waals surface area contributed by atoms with E-state index < -0.39 is 0 Å². The highest BCUT2D eigenvalue weighted by molar-refractivity contribution is 4.95. The molecule has 0 fully saturated rings. The van der Waals surface area contributed by atoms with Gasteiger partial charge in [0, 0.05) is 5.88 Å². The highest BCUT2D eigenvalue weighted by Gasteiger charge is 1.68. The van der Waals surface area contributed by atoms with Gasteiger partial charge in [-0.05, 0) is 11.3 Å². The van der Waals surface area contributed by atoms with Crippen LogP contribution in [0.5, 0.6) is 5.88 Å². The lowest BCUT2D eigenvalue weighted by atomic mass is 10.7. The molecule has 0 atom stereocenters. The molecule has 0 saturated carbocycles. The van der Waals surface area contributed by atoms with E-state index in [9.17, 15) is 5.11 Å². The van der Waals surface area contributed by atoms with Crippen LogP contribution in [-0.4, -0.2) is 15.4 Å². The Kier molecular flexibility index (Phi) is 0.856. The van der Waals surface area contributed by atoms with Crippen LogP contribution in [0.15, 0.2) is 12.3 Å². The van der Waals surface area contributed by atoms with Crippen molar-refractivity contribution < 1.29 is 5.11 Å². The predicted octanol–water partition coefficient (Wildman–Crippen LogP) is -1.05. The molecule has 0 N–H and O–H groups in total. The van der Waals surface area contributed by atoms with Gasteiger partial charge in [-0.15, -0.1) is 10.2 Å². The summed E-state index contributed by atoms with van der Waals surface area (Å²) in [5, 5.41) is 19.5. The second kappa shape index (κ2) is 1.51. The van der Waals surface area contributed by atoms with Crippen molar-refractivity contribution in [2.45, 2.75) is 0 Å². The lowest BCUT2D eigenvalue weighted by molar-refractivity contribution is -0.276. The SMILES string of the molecule is [O-]c1ccnnn1. The van der Waals surface area contributed by atoms with E-state index in [1.54, 1.807) is 0 Å². The molecule has 0 radical (unpaired) electrons. The molecule has 0 amide bonds. The Morgan fingerprint density at radius 3 is 2.71 bits per heavy atom. The predicted molar refractivity (Wildman–Crippen MR) is 19.3 cm³/mol. The molecule has 4 nitrogen and oxygen atoms in total. The molecule has 0 aliphatic rings. The zero-order valence-corrected chi connectivity index (χ0v) is 3.40. The van der Waals surface area contributed by atoms with Gasteiger partial charge in [-0.25, -0.2) is 0 Å².